The van der Waals surface area contributed by atoms with E-state index >= 15 is 0 Å². The summed E-state index contributed by atoms with van der Waals surface area (Å²) in [4.78, 5) is 0. The zero-order valence-corrected chi connectivity index (χ0v) is 13.1. The van der Waals surface area contributed by atoms with Gasteiger partial charge in [0.2, 0.25) is 10.0 Å². The number of ether oxygens (including phenoxy) is 1. The summed E-state index contributed by atoms with van der Waals surface area (Å²) in [5, 5.41) is 0. The summed E-state index contributed by atoms with van der Waals surface area (Å²) in [5.74, 6) is 0.795. The van der Waals surface area contributed by atoms with Gasteiger partial charge in [-0.1, -0.05) is 32.9 Å². The van der Waals surface area contributed by atoms with E-state index in [1.807, 2.05) is 12.1 Å². The lowest BCUT2D eigenvalue weighted by Gasteiger charge is -2.21. The minimum atomic E-state index is -3.14. The van der Waals surface area contributed by atoms with E-state index in [1.54, 1.807) is 7.11 Å². The van der Waals surface area contributed by atoms with E-state index in [2.05, 4.69) is 31.6 Å². The Morgan fingerprint density at radius 3 is 2.37 bits per heavy atom. The van der Waals surface area contributed by atoms with Crippen LogP contribution in [0.1, 0.15) is 31.9 Å². The molecule has 0 radical (unpaired) electrons. The van der Waals surface area contributed by atoms with Gasteiger partial charge >= 0.3 is 0 Å². The smallest absolute Gasteiger partial charge is 0.208 e. The third-order valence-corrected chi connectivity index (χ3v) is 3.63. The van der Waals surface area contributed by atoms with Crippen molar-refractivity contribution in [2.45, 2.75) is 32.6 Å². The Morgan fingerprint density at radius 2 is 1.89 bits per heavy atom. The molecule has 19 heavy (non-hydrogen) atoms. The van der Waals surface area contributed by atoms with Gasteiger partial charge in [0.15, 0.2) is 0 Å². The number of nitrogens with one attached hydrogen (secondary N) is 1. The molecule has 0 aliphatic heterocycles. The molecule has 0 amide bonds. The zero-order chi connectivity index (χ0) is 14.7. The molecular formula is C14H23NO3S. The molecular weight excluding hydrogens is 262 g/mol. The highest BCUT2D eigenvalue weighted by Gasteiger charge is 2.15. The van der Waals surface area contributed by atoms with Gasteiger partial charge in [-0.15, -0.1) is 0 Å². The van der Waals surface area contributed by atoms with Crippen LogP contribution in [0.2, 0.25) is 0 Å². The molecule has 0 aromatic heterocycles. The van der Waals surface area contributed by atoms with Gasteiger partial charge in [0.25, 0.3) is 0 Å². The van der Waals surface area contributed by atoms with Crippen molar-refractivity contribution in [3.8, 4) is 5.75 Å². The molecule has 0 bridgehead atoms. The van der Waals surface area contributed by atoms with Gasteiger partial charge in [0.05, 0.1) is 13.4 Å². The minimum Gasteiger partial charge on any atom is -0.496 e. The first-order valence-corrected chi connectivity index (χ1v) is 8.14. The summed E-state index contributed by atoms with van der Waals surface area (Å²) in [7, 11) is -1.52. The maximum Gasteiger partial charge on any atom is 0.208 e. The molecule has 108 valence electrons. The van der Waals surface area contributed by atoms with Gasteiger partial charge in [-0.25, -0.2) is 13.1 Å². The van der Waals surface area contributed by atoms with Crippen LogP contribution in [0.25, 0.3) is 0 Å². The van der Waals surface area contributed by atoms with E-state index in [9.17, 15) is 8.42 Å². The zero-order valence-electron chi connectivity index (χ0n) is 12.3. The highest BCUT2D eigenvalue weighted by Crippen LogP contribution is 2.28. The summed E-state index contributed by atoms with van der Waals surface area (Å²) >= 11 is 0. The molecule has 0 unspecified atom stereocenters. The second-order valence-electron chi connectivity index (χ2n) is 5.69. The Labute approximate surface area is 116 Å². The summed E-state index contributed by atoms with van der Waals surface area (Å²) in [6.07, 6.45) is 1.77. The number of benzene rings is 1. The van der Waals surface area contributed by atoms with E-state index in [0.717, 1.165) is 17.6 Å². The second-order valence-corrected chi connectivity index (χ2v) is 7.53. The normalized spacial score (nSPS) is 12.5. The molecule has 0 fully saturated rings. The van der Waals surface area contributed by atoms with Gasteiger partial charge in [0, 0.05) is 6.54 Å². The fourth-order valence-electron chi connectivity index (χ4n) is 1.81. The van der Waals surface area contributed by atoms with Crippen molar-refractivity contribution in [1.29, 1.82) is 0 Å². The van der Waals surface area contributed by atoms with E-state index in [4.69, 9.17) is 4.74 Å². The standard InChI is InChI=1S/C14H23NO3S/c1-14(2,3)12-6-7-13(18-4)11(10-12)8-9-15-19(5,16)17/h6-7,10,15H,8-9H2,1-5H3. The van der Waals surface area contributed by atoms with E-state index in [1.165, 1.54) is 5.56 Å². The molecule has 0 aliphatic carbocycles. The minimum absolute atomic E-state index is 0.0608. The SMILES string of the molecule is COc1ccc(C(C)(C)C)cc1CCNS(C)(=O)=O. The van der Waals surface area contributed by atoms with Gasteiger partial charge in [0.1, 0.15) is 5.75 Å². The molecule has 0 saturated carbocycles. The summed E-state index contributed by atoms with van der Waals surface area (Å²) < 4.78 is 29.9. The molecule has 0 spiro atoms. The molecule has 1 aromatic rings. The van der Waals surface area contributed by atoms with Crippen LogP contribution < -0.4 is 9.46 Å². The third kappa shape index (κ3) is 5.20. The molecule has 0 atom stereocenters. The van der Waals surface area contributed by atoms with Crippen molar-refractivity contribution in [3.05, 3.63) is 29.3 Å². The monoisotopic (exact) mass is 285 g/mol. The van der Waals surface area contributed by atoms with Crippen LogP contribution >= 0.6 is 0 Å². The Hall–Kier alpha value is -1.07. The van der Waals surface area contributed by atoms with Crippen LogP contribution in [0.3, 0.4) is 0 Å². The first-order chi connectivity index (χ1) is 8.63. The van der Waals surface area contributed by atoms with Crippen molar-refractivity contribution in [1.82, 2.24) is 4.72 Å². The molecule has 0 saturated heterocycles. The molecule has 0 heterocycles. The van der Waals surface area contributed by atoms with E-state index < -0.39 is 10.0 Å². The quantitative estimate of drug-likeness (QED) is 0.901. The van der Waals surface area contributed by atoms with Crippen molar-refractivity contribution in [2.24, 2.45) is 0 Å². The number of sulfonamides is 1. The van der Waals surface area contributed by atoms with Gasteiger partial charge in [-0.05, 0) is 29.0 Å². The lowest BCUT2D eigenvalue weighted by molar-refractivity contribution is 0.408. The predicted octanol–water partition coefficient (Wildman–Crippen LogP) is 2.08. The molecule has 1 N–H and O–H groups in total. The topological polar surface area (TPSA) is 55.4 Å². The van der Waals surface area contributed by atoms with Crippen LogP contribution in [-0.2, 0) is 21.9 Å². The number of hydrogen-bond acceptors (Lipinski definition) is 3. The summed E-state index contributed by atoms with van der Waals surface area (Å²) in [6, 6.07) is 6.07. The Bertz CT molecular complexity index is 530. The Balaban J connectivity index is 2.91. The number of methoxy groups -OCH3 is 1. The highest BCUT2D eigenvalue weighted by molar-refractivity contribution is 7.88. The Kier molecular flexibility index (Phi) is 4.98. The molecule has 0 aliphatic rings. The van der Waals surface area contributed by atoms with Crippen molar-refractivity contribution in [2.75, 3.05) is 19.9 Å². The van der Waals surface area contributed by atoms with E-state index in [-0.39, 0.29) is 5.41 Å². The van der Waals surface area contributed by atoms with Crippen molar-refractivity contribution in [3.63, 3.8) is 0 Å². The van der Waals surface area contributed by atoms with Crippen LogP contribution in [0.15, 0.2) is 18.2 Å². The maximum atomic E-state index is 11.1. The largest absolute Gasteiger partial charge is 0.496 e. The number of hydrogen-bond donors (Lipinski definition) is 1. The second kappa shape index (κ2) is 5.92. The molecule has 5 heteroatoms. The van der Waals surface area contributed by atoms with E-state index in [0.29, 0.717) is 13.0 Å². The number of rotatable bonds is 5. The van der Waals surface area contributed by atoms with Gasteiger partial charge < -0.3 is 4.74 Å². The van der Waals surface area contributed by atoms with Crippen molar-refractivity contribution >= 4 is 10.0 Å². The van der Waals surface area contributed by atoms with Crippen LogP contribution in [0, 0.1) is 0 Å². The first kappa shape index (κ1) is 16.0. The van der Waals surface area contributed by atoms with Crippen molar-refractivity contribution < 1.29 is 13.2 Å². The third-order valence-electron chi connectivity index (χ3n) is 2.91. The fourth-order valence-corrected chi connectivity index (χ4v) is 2.28. The average Bonchev–Trinajstić information content (AvgIpc) is 2.26. The lowest BCUT2D eigenvalue weighted by Crippen LogP contribution is -2.24. The molecule has 1 rings (SSSR count). The van der Waals surface area contributed by atoms with Crippen LogP contribution in [0.5, 0.6) is 5.75 Å². The maximum absolute atomic E-state index is 11.1. The summed E-state index contributed by atoms with van der Waals surface area (Å²) in [5.41, 5.74) is 2.29. The average molecular weight is 285 g/mol. The lowest BCUT2D eigenvalue weighted by atomic mass is 9.85. The summed E-state index contributed by atoms with van der Waals surface area (Å²) in [6.45, 7) is 6.82. The van der Waals surface area contributed by atoms with Gasteiger partial charge in [-0.2, -0.15) is 0 Å². The predicted molar refractivity (Wildman–Crippen MR) is 78.2 cm³/mol. The first-order valence-electron chi connectivity index (χ1n) is 6.25. The Morgan fingerprint density at radius 1 is 1.26 bits per heavy atom. The molecule has 4 nitrogen and oxygen atoms in total. The van der Waals surface area contributed by atoms with Crippen LogP contribution in [-0.4, -0.2) is 28.3 Å². The molecule has 1 aromatic carbocycles. The van der Waals surface area contributed by atoms with Gasteiger partial charge in [-0.3, -0.25) is 0 Å². The fraction of sp³-hybridized carbons (Fsp3) is 0.571. The van der Waals surface area contributed by atoms with Crippen LogP contribution in [0.4, 0.5) is 0 Å². The highest BCUT2D eigenvalue weighted by atomic mass is 32.2.